The molecule has 0 atom stereocenters. The van der Waals surface area contributed by atoms with Crippen molar-refractivity contribution in [1.82, 2.24) is 4.90 Å². The van der Waals surface area contributed by atoms with E-state index in [1.165, 1.54) is 0 Å². The van der Waals surface area contributed by atoms with Crippen LogP contribution in [0.1, 0.15) is 19.8 Å². The molecule has 67 valence electrons. The molecule has 12 heavy (non-hydrogen) atoms. The van der Waals surface area contributed by atoms with Crippen LogP contribution in [0.5, 0.6) is 0 Å². The van der Waals surface area contributed by atoms with Crippen molar-refractivity contribution in [2.24, 2.45) is 0 Å². The van der Waals surface area contributed by atoms with Gasteiger partial charge in [-0.2, -0.15) is 0 Å². The van der Waals surface area contributed by atoms with E-state index in [1.54, 1.807) is 0 Å². The minimum absolute atomic E-state index is 0.231. The first-order valence-electron chi connectivity index (χ1n) is 4.20. The Balaban J connectivity index is 2.47. The number of nitrogens with zero attached hydrogens (tertiary/aromatic N) is 2. The van der Waals surface area contributed by atoms with Crippen LogP contribution in [-0.2, 0) is 0 Å². The van der Waals surface area contributed by atoms with Gasteiger partial charge in [0.25, 0.3) is 5.70 Å². The SMILES string of the molecule is CCCN1CC[C]=C([N+](=O)[O-])C1. The van der Waals surface area contributed by atoms with Crippen LogP contribution in [0.25, 0.3) is 0 Å². The van der Waals surface area contributed by atoms with E-state index < -0.39 is 0 Å². The van der Waals surface area contributed by atoms with Crippen LogP contribution in [-0.4, -0.2) is 29.5 Å². The second-order valence-electron chi connectivity index (χ2n) is 2.91. The van der Waals surface area contributed by atoms with Crippen molar-refractivity contribution in [3.05, 3.63) is 21.9 Å². The van der Waals surface area contributed by atoms with E-state index in [1.807, 2.05) is 0 Å². The molecule has 0 bridgehead atoms. The normalized spacial score (nSPS) is 18.9. The Morgan fingerprint density at radius 3 is 3.08 bits per heavy atom. The molecule has 1 aliphatic heterocycles. The molecule has 1 radical (unpaired) electrons. The summed E-state index contributed by atoms with van der Waals surface area (Å²) in [6, 6.07) is 0. The first-order valence-corrected chi connectivity index (χ1v) is 4.20. The smallest absolute Gasteiger partial charge is 0.263 e. The fourth-order valence-corrected chi connectivity index (χ4v) is 1.33. The Morgan fingerprint density at radius 1 is 1.75 bits per heavy atom. The summed E-state index contributed by atoms with van der Waals surface area (Å²) >= 11 is 0. The van der Waals surface area contributed by atoms with Crippen LogP contribution in [0.2, 0.25) is 0 Å². The summed E-state index contributed by atoms with van der Waals surface area (Å²) in [7, 11) is 0. The van der Waals surface area contributed by atoms with Crippen molar-refractivity contribution in [3.8, 4) is 0 Å². The number of nitro groups is 1. The molecule has 0 aliphatic carbocycles. The summed E-state index contributed by atoms with van der Waals surface area (Å²) < 4.78 is 0. The summed E-state index contributed by atoms with van der Waals surface area (Å²) in [5, 5.41) is 10.4. The Hall–Kier alpha value is -0.900. The molecule has 4 heteroatoms. The van der Waals surface area contributed by atoms with Gasteiger partial charge in [0.15, 0.2) is 0 Å². The second kappa shape index (κ2) is 4.21. The molecule has 1 heterocycles. The molecule has 0 spiro atoms. The van der Waals surface area contributed by atoms with E-state index in [9.17, 15) is 10.1 Å². The summed E-state index contributed by atoms with van der Waals surface area (Å²) in [6.45, 7) is 4.39. The van der Waals surface area contributed by atoms with Crippen molar-refractivity contribution in [3.63, 3.8) is 0 Å². The van der Waals surface area contributed by atoms with Crippen LogP contribution in [0.3, 0.4) is 0 Å². The molecule has 0 aromatic heterocycles. The standard InChI is InChI=1S/C8H13N2O2/c1-2-5-9-6-3-4-8(7-9)10(11)12/h2-3,5-7H2,1H3. The topological polar surface area (TPSA) is 46.4 Å². The van der Waals surface area contributed by atoms with Crippen molar-refractivity contribution < 1.29 is 4.92 Å². The maximum Gasteiger partial charge on any atom is 0.263 e. The van der Waals surface area contributed by atoms with Crippen LogP contribution < -0.4 is 0 Å². The van der Waals surface area contributed by atoms with Gasteiger partial charge in [0, 0.05) is 12.6 Å². The zero-order valence-electron chi connectivity index (χ0n) is 7.25. The lowest BCUT2D eigenvalue weighted by Crippen LogP contribution is -2.32. The lowest BCUT2D eigenvalue weighted by atomic mass is 10.2. The lowest BCUT2D eigenvalue weighted by Gasteiger charge is -2.21. The molecule has 0 unspecified atom stereocenters. The molecular formula is C8H13N2O2. The van der Waals surface area contributed by atoms with Gasteiger partial charge in [-0.1, -0.05) is 6.92 Å². The van der Waals surface area contributed by atoms with Crippen LogP contribution >= 0.6 is 0 Å². The van der Waals surface area contributed by atoms with Crippen molar-refractivity contribution in [1.29, 1.82) is 0 Å². The van der Waals surface area contributed by atoms with E-state index in [2.05, 4.69) is 17.9 Å². The highest BCUT2D eigenvalue weighted by molar-refractivity contribution is 4.93. The van der Waals surface area contributed by atoms with Crippen LogP contribution in [0, 0.1) is 16.2 Å². The molecule has 1 aliphatic rings. The maximum atomic E-state index is 10.4. The van der Waals surface area contributed by atoms with Crippen molar-refractivity contribution in [2.75, 3.05) is 19.6 Å². The van der Waals surface area contributed by atoms with Crippen molar-refractivity contribution in [2.45, 2.75) is 19.8 Å². The van der Waals surface area contributed by atoms with Gasteiger partial charge in [-0.25, -0.2) is 0 Å². The fraction of sp³-hybridized carbons (Fsp3) is 0.750. The number of hydrogen-bond donors (Lipinski definition) is 0. The Labute approximate surface area is 72.0 Å². The predicted octanol–water partition coefficient (Wildman–Crippen LogP) is 1.07. The molecule has 4 nitrogen and oxygen atoms in total. The van der Waals surface area contributed by atoms with E-state index >= 15 is 0 Å². The van der Waals surface area contributed by atoms with E-state index in [-0.39, 0.29) is 10.6 Å². The molecule has 1 rings (SSSR count). The van der Waals surface area contributed by atoms with Gasteiger partial charge in [-0.05, 0) is 19.4 Å². The first kappa shape index (κ1) is 9.19. The third-order valence-corrected chi connectivity index (χ3v) is 1.89. The fourth-order valence-electron chi connectivity index (χ4n) is 1.33. The Bertz CT molecular complexity index is 201. The highest BCUT2D eigenvalue weighted by Crippen LogP contribution is 2.08. The van der Waals surface area contributed by atoms with Gasteiger partial charge in [-0.15, -0.1) is 0 Å². The third-order valence-electron chi connectivity index (χ3n) is 1.89. The summed E-state index contributed by atoms with van der Waals surface area (Å²) in [5.74, 6) is 0. The highest BCUT2D eigenvalue weighted by atomic mass is 16.6. The molecule has 0 aromatic carbocycles. The molecule has 0 saturated heterocycles. The Morgan fingerprint density at radius 2 is 2.50 bits per heavy atom. The zero-order valence-corrected chi connectivity index (χ0v) is 7.25. The lowest BCUT2D eigenvalue weighted by molar-refractivity contribution is -0.430. The predicted molar refractivity (Wildman–Crippen MR) is 45.1 cm³/mol. The minimum Gasteiger partial charge on any atom is -0.293 e. The molecule has 0 saturated carbocycles. The maximum absolute atomic E-state index is 10.4. The van der Waals surface area contributed by atoms with E-state index in [0.29, 0.717) is 13.0 Å². The molecule has 0 N–H and O–H groups in total. The van der Waals surface area contributed by atoms with Gasteiger partial charge < -0.3 is 0 Å². The van der Waals surface area contributed by atoms with Gasteiger partial charge in [-0.3, -0.25) is 15.0 Å². The minimum atomic E-state index is -0.332. The molecule has 0 amide bonds. The van der Waals surface area contributed by atoms with Crippen LogP contribution in [0.4, 0.5) is 0 Å². The summed E-state index contributed by atoms with van der Waals surface area (Å²) in [5.41, 5.74) is 0.231. The highest BCUT2D eigenvalue weighted by Gasteiger charge is 2.19. The Kier molecular flexibility index (Phi) is 3.22. The quantitative estimate of drug-likeness (QED) is 0.469. The second-order valence-corrected chi connectivity index (χ2v) is 2.91. The largest absolute Gasteiger partial charge is 0.293 e. The van der Waals surface area contributed by atoms with Crippen molar-refractivity contribution >= 4 is 0 Å². The number of hydrogen-bond acceptors (Lipinski definition) is 3. The first-order chi connectivity index (χ1) is 5.74. The summed E-state index contributed by atoms with van der Waals surface area (Å²) in [6.07, 6.45) is 4.52. The van der Waals surface area contributed by atoms with Gasteiger partial charge in [0.2, 0.25) is 0 Å². The van der Waals surface area contributed by atoms with Gasteiger partial charge in [0.05, 0.1) is 11.5 Å². The third kappa shape index (κ3) is 2.30. The number of rotatable bonds is 3. The van der Waals surface area contributed by atoms with E-state index in [0.717, 1.165) is 19.5 Å². The monoisotopic (exact) mass is 169 g/mol. The average molecular weight is 169 g/mol. The van der Waals surface area contributed by atoms with Gasteiger partial charge >= 0.3 is 0 Å². The molecule has 0 fully saturated rings. The van der Waals surface area contributed by atoms with Crippen LogP contribution in [0.15, 0.2) is 5.70 Å². The molecular weight excluding hydrogens is 156 g/mol. The zero-order chi connectivity index (χ0) is 8.97. The van der Waals surface area contributed by atoms with Gasteiger partial charge in [0.1, 0.15) is 0 Å². The summed E-state index contributed by atoms with van der Waals surface area (Å²) in [4.78, 5) is 12.1. The average Bonchev–Trinajstić information content (AvgIpc) is 2.05. The van der Waals surface area contributed by atoms with E-state index in [4.69, 9.17) is 0 Å². The molecule has 0 aromatic rings.